The number of rotatable bonds is 17. The van der Waals surface area contributed by atoms with Crippen LogP contribution >= 0.6 is 0 Å². The predicted octanol–water partition coefficient (Wildman–Crippen LogP) is 3.32. The molecule has 0 aliphatic rings. The van der Waals surface area contributed by atoms with E-state index in [4.69, 9.17) is 4.74 Å². The Hall–Kier alpha value is -5.44. The second-order valence-electron chi connectivity index (χ2n) is 13.2. The fourth-order valence-electron chi connectivity index (χ4n) is 5.04. The van der Waals surface area contributed by atoms with E-state index >= 15 is 0 Å². The molecule has 0 saturated heterocycles. The average Bonchev–Trinajstić information content (AvgIpc) is 3.07. The van der Waals surface area contributed by atoms with Crippen molar-refractivity contribution in [3.63, 3.8) is 0 Å². The molecular weight excluding hydrogens is 654 g/mol. The molecule has 0 radical (unpaired) electrons. The highest BCUT2D eigenvalue weighted by atomic mass is 16.6. The minimum absolute atomic E-state index is 0.134. The first kappa shape index (κ1) is 38.4. The number of aryl methyl sites for hydroxylation is 1. The number of nitrogens with one attached hydrogen (secondary N) is 5. The zero-order chi connectivity index (χ0) is 36.8. The van der Waals surface area contributed by atoms with Crippen LogP contribution in [0.5, 0.6) is 0 Å². The molecule has 15 heteroatoms. The summed E-state index contributed by atoms with van der Waals surface area (Å²) in [5.74, 6) is -0.140. The lowest BCUT2D eigenvalue weighted by molar-refractivity contribution is -0.122. The summed E-state index contributed by atoms with van der Waals surface area (Å²) >= 11 is 0. The Kier molecular flexibility index (Phi) is 13.9. The summed E-state index contributed by atoms with van der Waals surface area (Å²) in [6, 6.07) is 14.2. The van der Waals surface area contributed by atoms with Crippen LogP contribution in [-0.2, 0) is 25.7 Å². The number of H-pyrrole nitrogens is 1. The SMILES string of the molecule is Cc1ccc2ccc(NC(=O)CCN(CCCNC(=O)CCCNC(=O)OC(C)(C)C)CCC(=O)NCc3ccc4ccc(=O)[nH]c4n3)nc2n1. The van der Waals surface area contributed by atoms with Gasteiger partial charge in [-0.15, -0.1) is 0 Å². The number of pyridine rings is 4. The molecule has 15 nitrogen and oxygen atoms in total. The third-order valence-corrected chi connectivity index (χ3v) is 7.60. The molecule has 4 heterocycles. The minimum Gasteiger partial charge on any atom is -0.444 e. The van der Waals surface area contributed by atoms with Crippen LogP contribution in [-0.4, -0.2) is 87.0 Å². The molecular formula is C36H47N9O6. The van der Waals surface area contributed by atoms with Crippen LogP contribution in [0.15, 0.2) is 53.3 Å². The molecule has 0 aromatic carbocycles. The third kappa shape index (κ3) is 13.8. The summed E-state index contributed by atoms with van der Waals surface area (Å²) in [5.41, 5.74) is 1.60. The maximum Gasteiger partial charge on any atom is 0.407 e. The van der Waals surface area contributed by atoms with Gasteiger partial charge in [0.15, 0.2) is 5.65 Å². The number of carbonyl (C=O) groups is 4. The van der Waals surface area contributed by atoms with Crippen molar-refractivity contribution in [3.8, 4) is 0 Å². The van der Waals surface area contributed by atoms with Gasteiger partial charge >= 0.3 is 6.09 Å². The molecule has 0 unspecified atom stereocenters. The van der Waals surface area contributed by atoms with Crippen molar-refractivity contribution in [3.05, 3.63) is 70.3 Å². The molecule has 5 N–H and O–H groups in total. The topological polar surface area (TPSA) is 200 Å². The van der Waals surface area contributed by atoms with Crippen LogP contribution in [0.1, 0.15) is 64.3 Å². The van der Waals surface area contributed by atoms with E-state index in [0.29, 0.717) is 68.4 Å². The van der Waals surface area contributed by atoms with Gasteiger partial charge in [-0.1, -0.05) is 0 Å². The minimum atomic E-state index is -0.590. The average molecular weight is 702 g/mol. The molecule has 0 spiro atoms. The van der Waals surface area contributed by atoms with E-state index in [2.05, 4.69) is 41.2 Å². The Morgan fingerprint density at radius 1 is 0.745 bits per heavy atom. The van der Waals surface area contributed by atoms with Gasteiger partial charge in [0, 0.05) is 68.0 Å². The van der Waals surface area contributed by atoms with E-state index in [9.17, 15) is 24.0 Å². The zero-order valence-corrected chi connectivity index (χ0v) is 29.6. The second-order valence-corrected chi connectivity index (χ2v) is 13.2. The van der Waals surface area contributed by atoms with E-state index in [0.717, 1.165) is 16.5 Å². The molecule has 4 aromatic rings. The summed E-state index contributed by atoms with van der Waals surface area (Å²) in [4.78, 5) is 79.4. The number of carbonyl (C=O) groups excluding carboxylic acids is 4. The van der Waals surface area contributed by atoms with Gasteiger partial charge < -0.3 is 35.9 Å². The number of hydrogen-bond donors (Lipinski definition) is 5. The van der Waals surface area contributed by atoms with Gasteiger partial charge in [0.05, 0.1) is 12.2 Å². The van der Waals surface area contributed by atoms with Crippen molar-refractivity contribution in [2.75, 3.05) is 38.0 Å². The number of nitrogens with zero attached hydrogens (tertiary/aromatic N) is 4. The van der Waals surface area contributed by atoms with E-state index in [-0.39, 0.29) is 49.1 Å². The number of alkyl carbamates (subject to hydrolysis) is 1. The number of amides is 4. The third-order valence-electron chi connectivity index (χ3n) is 7.60. The largest absolute Gasteiger partial charge is 0.444 e. The molecule has 0 atom stereocenters. The van der Waals surface area contributed by atoms with E-state index in [1.165, 1.54) is 6.07 Å². The number of ether oxygens (including phenoxy) is 1. The van der Waals surface area contributed by atoms with Crippen molar-refractivity contribution >= 4 is 51.7 Å². The van der Waals surface area contributed by atoms with Gasteiger partial charge in [-0.3, -0.25) is 19.2 Å². The van der Waals surface area contributed by atoms with Crippen molar-refractivity contribution in [1.29, 1.82) is 0 Å². The predicted molar refractivity (Wildman–Crippen MR) is 194 cm³/mol. The molecule has 0 saturated carbocycles. The number of aromatic amines is 1. The number of fused-ring (bicyclic) bond motifs is 2. The highest BCUT2D eigenvalue weighted by Gasteiger charge is 2.16. The Labute approximate surface area is 296 Å². The van der Waals surface area contributed by atoms with Crippen LogP contribution in [0.3, 0.4) is 0 Å². The first-order valence-corrected chi connectivity index (χ1v) is 17.1. The highest BCUT2D eigenvalue weighted by molar-refractivity contribution is 5.91. The lowest BCUT2D eigenvalue weighted by Gasteiger charge is -2.22. The fraction of sp³-hybridized carbons (Fsp3) is 0.444. The Morgan fingerprint density at radius 3 is 2.22 bits per heavy atom. The summed E-state index contributed by atoms with van der Waals surface area (Å²) < 4.78 is 5.19. The summed E-state index contributed by atoms with van der Waals surface area (Å²) in [5, 5.41) is 12.9. The van der Waals surface area contributed by atoms with Gasteiger partial charge in [0.25, 0.3) is 0 Å². The molecule has 0 bridgehead atoms. The second kappa shape index (κ2) is 18.5. The van der Waals surface area contributed by atoms with Gasteiger partial charge in [0.2, 0.25) is 23.3 Å². The van der Waals surface area contributed by atoms with Crippen LogP contribution in [0, 0.1) is 6.92 Å². The molecule has 4 rings (SSSR count). The number of anilines is 1. The number of aromatic nitrogens is 4. The molecule has 0 fully saturated rings. The normalized spacial score (nSPS) is 11.4. The van der Waals surface area contributed by atoms with Crippen LogP contribution in [0.25, 0.3) is 22.1 Å². The van der Waals surface area contributed by atoms with E-state index in [1.807, 2.05) is 36.1 Å². The number of hydrogen-bond acceptors (Lipinski definition) is 10. The van der Waals surface area contributed by atoms with Crippen molar-refractivity contribution in [2.24, 2.45) is 0 Å². The Balaban J connectivity index is 1.24. The summed E-state index contributed by atoms with van der Waals surface area (Å²) in [7, 11) is 0. The van der Waals surface area contributed by atoms with Crippen LogP contribution in [0.2, 0.25) is 0 Å². The summed E-state index contributed by atoms with van der Waals surface area (Å²) in [6.07, 6.45) is 1.14. The standard InChI is InChI=1S/C36H47N9O6/c1-24-8-9-25-11-14-28(43-33(25)40-24)42-32(49)17-22-45(20-6-19-37-29(46)7-5-18-38-35(50)51-36(2,3)4)21-16-30(47)39-23-27-13-10-26-12-15-31(48)44-34(26)41-27/h8-15H,5-7,16-23H2,1-4H3,(H,37,46)(H,38,50)(H,39,47)(H,41,44,48)(H,40,42,43,49). The summed E-state index contributed by atoms with van der Waals surface area (Å²) in [6.45, 7) is 9.46. The Bertz CT molecular complexity index is 1890. The monoisotopic (exact) mass is 701 g/mol. The van der Waals surface area contributed by atoms with E-state index in [1.54, 1.807) is 39.0 Å². The van der Waals surface area contributed by atoms with Crippen LogP contribution < -0.4 is 26.8 Å². The van der Waals surface area contributed by atoms with Crippen molar-refractivity contribution < 1.29 is 23.9 Å². The molecule has 0 aliphatic heterocycles. The zero-order valence-electron chi connectivity index (χ0n) is 29.6. The van der Waals surface area contributed by atoms with Gasteiger partial charge in [-0.05, 0) is 89.5 Å². The van der Waals surface area contributed by atoms with Crippen molar-refractivity contribution in [1.82, 2.24) is 40.8 Å². The Morgan fingerprint density at radius 2 is 1.43 bits per heavy atom. The lowest BCUT2D eigenvalue weighted by Crippen LogP contribution is -2.35. The van der Waals surface area contributed by atoms with Crippen molar-refractivity contribution in [2.45, 2.75) is 71.9 Å². The molecule has 4 aromatic heterocycles. The van der Waals surface area contributed by atoms with E-state index < -0.39 is 11.7 Å². The highest BCUT2D eigenvalue weighted by Crippen LogP contribution is 2.14. The van der Waals surface area contributed by atoms with Gasteiger partial charge in [-0.25, -0.2) is 19.7 Å². The first-order chi connectivity index (χ1) is 24.3. The molecule has 272 valence electrons. The molecule has 51 heavy (non-hydrogen) atoms. The maximum absolute atomic E-state index is 12.9. The van der Waals surface area contributed by atoms with Gasteiger partial charge in [0.1, 0.15) is 17.1 Å². The van der Waals surface area contributed by atoms with Gasteiger partial charge in [-0.2, -0.15) is 0 Å². The smallest absolute Gasteiger partial charge is 0.407 e. The quantitative estimate of drug-likeness (QED) is 0.102. The first-order valence-electron chi connectivity index (χ1n) is 17.1. The fourth-order valence-corrected chi connectivity index (χ4v) is 5.04. The molecule has 4 amide bonds. The molecule has 0 aliphatic carbocycles. The van der Waals surface area contributed by atoms with Crippen LogP contribution in [0.4, 0.5) is 10.6 Å². The maximum atomic E-state index is 12.9. The lowest BCUT2D eigenvalue weighted by atomic mass is 10.2.